The highest BCUT2D eigenvalue weighted by molar-refractivity contribution is 8.03. The molecule has 1 heterocycles. The molecule has 2 heteroatoms. The summed E-state index contributed by atoms with van der Waals surface area (Å²) in [6.07, 6.45) is 7.27. The number of thioether (sulfide) groups is 1. The first kappa shape index (κ1) is 6.47. The maximum atomic E-state index is 4.39. The molecule has 0 spiro atoms. The lowest BCUT2D eigenvalue weighted by Gasteiger charge is -2.18. The Morgan fingerprint density at radius 3 is 3.10 bits per heavy atom. The molecule has 0 aromatic rings. The zero-order valence-electron chi connectivity index (χ0n) is 5.97. The van der Waals surface area contributed by atoms with Crippen LogP contribution in [0.15, 0.2) is 15.6 Å². The summed E-state index contributed by atoms with van der Waals surface area (Å²) in [6.45, 7) is 0. The SMILES string of the molecule is C1=NC2=C(CCCC2)SC1. The van der Waals surface area contributed by atoms with Crippen LogP contribution in [0.5, 0.6) is 0 Å². The molecular formula is C8H11NS. The van der Waals surface area contributed by atoms with Gasteiger partial charge in [-0.2, -0.15) is 0 Å². The van der Waals surface area contributed by atoms with Crippen molar-refractivity contribution in [1.82, 2.24) is 0 Å². The van der Waals surface area contributed by atoms with Crippen LogP contribution >= 0.6 is 11.8 Å². The predicted octanol–water partition coefficient (Wildman–Crippen LogP) is 2.59. The van der Waals surface area contributed by atoms with E-state index in [1.165, 1.54) is 31.4 Å². The van der Waals surface area contributed by atoms with Crippen LogP contribution in [0.3, 0.4) is 0 Å². The minimum Gasteiger partial charge on any atom is -0.264 e. The molecule has 0 saturated carbocycles. The van der Waals surface area contributed by atoms with Crippen LogP contribution in [0.1, 0.15) is 25.7 Å². The minimum absolute atomic E-state index is 1.10. The smallest absolute Gasteiger partial charge is 0.0494 e. The fourth-order valence-corrected chi connectivity index (χ4v) is 2.40. The van der Waals surface area contributed by atoms with Crippen LogP contribution in [0.2, 0.25) is 0 Å². The van der Waals surface area contributed by atoms with Gasteiger partial charge in [0.05, 0.1) is 0 Å². The van der Waals surface area contributed by atoms with E-state index >= 15 is 0 Å². The van der Waals surface area contributed by atoms with E-state index in [0.29, 0.717) is 0 Å². The number of allylic oxidation sites excluding steroid dienone is 2. The van der Waals surface area contributed by atoms with Gasteiger partial charge in [-0.25, -0.2) is 0 Å². The average Bonchev–Trinajstić information content (AvgIpc) is 2.05. The Morgan fingerprint density at radius 2 is 2.20 bits per heavy atom. The molecule has 2 aliphatic rings. The number of nitrogens with zero attached hydrogens (tertiary/aromatic N) is 1. The van der Waals surface area contributed by atoms with Crippen molar-refractivity contribution in [1.29, 1.82) is 0 Å². The summed E-state index contributed by atoms with van der Waals surface area (Å²) >= 11 is 1.98. The molecule has 54 valence electrons. The van der Waals surface area contributed by atoms with Crippen molar-refractivity contribution in [2.45, 2.75) is 25.7 Å². The Kier molecular flexibility index (Phi) is 1.80. The summed E-state index contributed by atoms with van der Waals surface area (Å²) in [5.74, 6) is 1.10. The highest BCUT2D eigenvalue weighted by Gasteiger charge is 2.13. The Morgan fingerprint density at radius 1 is 1.30 bits per heavy atom. The summed E-state index contributed by atoms with van der Waals surface area (Å²) in [5, 5.41) is 0. The third-order valence-electron chi connectivity index (χ3n) is 1.97. The quantitative estimate of drug-likeness (QED) is 0.521. The van der Waals surface area contributed by atoms with Crippen molar-refractivity contribution in [3.63, 3.8) is 0 Å². The highest BCUT2D eigenvalue weighted by atomic mass is 32.2. The molecule has 0 aromatic carbocycles. The second-order valence-electron chi connectivity index (χ2n) is 2.70. The zero-order valence-corrected chi connectivity index (χ0v) is 6.78. The van der Waals surface area contributed by atoms with Gasteiger partial charge in [-0.3, -0.25) is 4.99 Å². The van der Waals surface area contributed by atoms with Gasteiger partial charge in [-0.05, 0) is 25.7 Å². The molecule has 0 saturated heterocycles. The molecule has 10 heavy (non-hydrogen) atoms. The lowest BCUT2D eigenvalue weighted by Crippen LogP contribution is -2.01. The van der Waals surface area contributed by atoms with Crippen LogP contribution in [0.25, 0.3) is 0 Å². The second kappa shape index (κ2) is 2.79. The molecular weight excluding hydrogens is 142 g/mol. The van der Waals surface area contributed by atoms with Gasteiger partial charge in [-0.15, -0.1) is 11.8 Å². The first-order valence-corrected chi connectivity index (χ1v) is 4.83. The van der Waals surface area contributed by atoms with E-state index < -0.39 is 0 Å². The lowest BCUT2D eigenvalue weighted by molar-refractivity contribution is 0.689. The van der Waals surface area contributed by atoms with E-state index in [0.717, 1.165) is 5.75 Å². The van der Waals surface area contributed by atoms with Crippen LogP contribution < -0.4 is 0 Å². The molecule has 0 unspecified atom stereocenters. The molecule has 0 aromatic heterocycles. The van der Waals surface area contributed by atoms with Crippen molar-refractivity contribution in [3.8, 4) is 0 Å². The van der Waals surface area contributed by atoms with E-state index in [2.05, 4.69) is 4.99 Å². The van der Waals surface area contributed by atoms with E-state index in [1.54, 1.807) is 4.91 Å². The van der Waals surface area contributed by atoms with Crippen molar-refractivity contribution < 1.29 is 0 Å². The largest absolute Gasteiger partial charge is 0.264 e. The minimum atomic E-state index is 1.10. The first-order valence-electron chi connectivity index (χ1n) is 3.84. The summed E-state index contributed by atoms with van der Waals surface area (Å²) in [5.41, 5.74) is 1.38. The Labute approximate surface area is 65.6 Å². The molecule has 0 amide bonds. The van der Waals surface area contributed by atoms with Crippen molar-refractivity contribution in [3.05, 3.63) is 10.6 Å². The second-order valence-corrected chi connectivity index (χ2v) is 3.81. The third kappa shape index (κ3) is 1.12. The Hall–Kier alpha value is -0.240. The molecule has 1 aliphatic heterocycles. The average molecular weight is 153 g/mol. The van der Waals surface area contributed by atoms with Crippen molar-refractivity contribution in [2.24, 2.45) is 4.99 Å². The van der Waals surface area contributed by atoms with Gasteiger partial charge in [0.25, 0.3) is 0 Å². The first-order chi connectivity index (χ1) is 4.97. The summed E-state index contributed by atoms with van der Waals surface area (Å²) in [4.78, 5) is 5.95. The maximum absolute atomic E-state index is 4.39. The van der Waals surface area contributed by atoms with Crippen LogP contribution in [-0.2, 0) is 0 Å². The van der Waals surface area contributed by atoms with E-state index in [1.807, 2.05) is 18.0 Å². The molecule has 1 aliphatic carbocycles. The molecule has 1 nitrogen and oxygen atoms in total. The number of rotatable bonds is 0. The van der Waals surface area contributed by atoms with E-state index in [-0.39, 0.29) is 0 Å². The molecule has 0 radical (unpaired) electrons. The number of hydrogen-bond donors (Lipinski definition) is 0. The number of hydrogen-bond acceptors (Lipinski definition) is 2. The van der Waals surface area contributed by atoms with E-state index in [4.69, 9.17) is 0 Å². The number of aliphatic imine (C=N–C) groups is 1. The Balaban J connectivity index is 2.23. The van der Waals surface area contributed by atoms with Gasteiger partial charge in [0.1, 0.15) is 0 Å². The van der Waals surface area contributed by atoms with Crippen LogP contribution in [0, 0.1) is 0 Å². The molecule has 2 rings (SSSR count). The van der Waals surface area contributed by atoms with Gasteiger partial charge in [0.15, 0.2) is 0 Å². The summed E-state index contributed by atoms with van der Waals surface area (Å²) < 4.78 is 0. The summed E-state index contributed by atoms with van der Waals surface area (Å²) in [6, 6.07) is 0. The van der Waals surface area contributed by atoms with Crippen molar-refractivity contribution in [2.75, 3.05) is 5.75 Å². The fourth-order valence-electron chi connectivity index (χ4n) is 1.44. The van der Waals surface area contributed by atoms with Crippen LogP contribution in [-0.4, -0.2) is 12.0 Å². The standard InChI is InChI=1S/C8H11NS/c1-2-4-8-7(3-1)9-5-6-10-8/h5H,1-4,6H2. The zero-order chi connectivity index (χ0) is 6.81. The van der Waals surface area contributed by atoms with Crippen molar-refractivity contribution >= 4 is 18.0 Å². The molecule has 0 N–H and O–H groups in total. The van der Waals surface area contributed by atoms with Gasteiger partial charge in [0.2, 0.25) is 0 Å². The normalized spacial score (nSPS) is 24.8. The summed E-state index contributed by atoms with van der Waals surface area (Å²) in [7, 11) is 0. The maximum Gasteiger partial charge on any atom is 0.0494 e. The van der Waals surface area contributed by atoms with Gasteiger partial charge in [0, 0.05) is 22.6 Å². The monoisotopic (exact) mass is 153 g/mol. The third-order valence-corrected chi connectivity index (χ3v) is 3.07. The van der Waals surface area contributed by atoms with Gasteiger partial charge < -0.3 is 0 Å². The predicted molar refractivity (Wildman–Crippen MR) is 46.4 cm³/mol. The topological polar surface area (TPSA) is 12.4 Å². The van der Waals surface area contributed by atoms with Gasteiger partial charge in [-0.1, -0.05) is 0 Å². The lowest BCUT2D eigenvalue weighted by atomic mass is 10.0. The van der Waals surface area contributed by atoms with Crippen LogP contribution in [0.4, 0.5) is 0 Å². The highest BCUT2D eigenvalue weighted by Crippen LogP contribution is 2.34. The molecule has 0 atom stereocenters. The molecule has 0 bridgehead atoms. The molecule has 0 fully saturated rings. The van der Waals surface area contributed by atoms with Gasteiger partial charge >= 0.3 is 0 Å². The fraction of sp³-hybridized carbons (Fsp3) is 0.625. The van der Waals surface area contributed by atoms with E-state index in [9.17, 15) is 0 Å². The Bertz CT molecular complexity index is 193.